The summed E-state index contributed by atoms with van der Waals surface area (Å²) in [7, 11) is 0. The van der Waals surface area contributed by atoms with Gasteiger partial charge in [-0.25, -0.2) is 4.79 Å². The minimum absolute atomic E-state index is 0.0218. The molecular weight excluding hydrogens is 418 g/mol. The summed E-state index contributed by atoms with van der Waals surface area (Å²) in [6.45, 7) is 4.62. The maximum absolute atomic E-state index is 12.7. The Kier molecular flexibility index (Phi) is 5.88. The number of fused-ring (bicyclic) bond motifs is 1. The molecule has 3 aliphatic carbocycles. The zero-order valence-electron chi connectivity index (χ0n) is 17.7. The van der Waals surface area contributed by atoms with Crippen LogP contribution in [0.2, 0.25) is 0 Å². The van der Waals surface area contributed by atoms with Gasteiger partial charge in [0.2, 0.25) is 0 Å². The van der Waals surface area contributed by atoms with E-state index in [0.717, 1.165) is 73.3 Å². The zero-order chi connectivity index (χ0) is 22.2. The fourth-order valence-corrected chi connectivity index (χ4v) is 5.34. The average molecular weight is 446 g/mol. The third-order valence-electron chi connectivity index (χ3n) is 5.93. The Morgan fingerprint density at radius 2 is 2.00 bits per heavy atom. The number of nitrogens with one attached hydrogen (secondary N) is 1. The first-order valence-corrected chi connectivity index (χ1v) is 11.5. The van der Waals surface area contributed by atoms with Gasteiger partial charge in [-0.05, 0) is 62.3 Å². The molecule has 0 atom stereocenters. The second kappa shape index (κ2) is 8.45. The maximum Gasteiger partial charge on any atom is 0.503 e. The third-order valence-corrected chi connectivity index (χ3v) is 7.14. The van der Waals surface area contributed by atoms with E-state index in [1.807, 2.05) is 0 Å². The predicted molar refractivity (Wildman–Crippen MR) is 117 cm³/mol. The fraction of sp³-hybridized carbons (Fsp3) is 0.545. The number of thiophene rings is 1. The number of hydrogen-bond acceptors (Lipinski definition) is 6. The summed E-state index contributed by atoms with van der Waals surface area (Å²) < 4.78 is 5.67. The number of amides is 1. The lowest BCUT2D eigenvalue weighted by Crippen LogP contribution is -2.21. The van der Waals surface area contributed by atoms with Gasteiger partial charge in [0, 0.05) is 16.4 Å². The van der Waals surface area contributed by atoms with Crippen molar-refractivity contribution in [1.29, 1.82) is 0 Å². The van der Waals surface area contributed by atoms with E-state index in [-0.39, 0.29) is 11.3 Å². The molecule has 0 bridgehead atoms. The van der Waals surface area contributed by atoms with Gasteiger partial charge < -0.3 is 20.1 Å². The second-order valence-electron chi connectivity index (χ2n) is 9.14. The number of nitrogens with zero attached hydrogens (tertiary/aromatic N) is 2. The molecule has 3 aliphatic rings. The van der Waals surface area contributed by atoms with E-state index >= 15 is 0 Å². The van der Waals surface area contributed by atoms with E-state index in [4.69, 9.17) is 24.5 Å². The minimum Gasteiger partial charge on any atom is -0.450 e. The van der Waals surface area contributed by atoms with Crippen LogP contribution in [0.1, 0.15) is 74.6 Å². The van der Waals surface area contributed by atoms with Gasteiger partial charge in [-0.1, -0.05) is 25.1 Å². The topological polar surface area (TPSA) is 126 Å². The highest BCUT2D eigenvalue weighted by Crippen LogP contribution is 2.48. The number of carbonyl (C=O) groups is 2. The van der Waals surface area contributed by atoms with Crippen molar-refractivity contribution < 1.29 is 24.3 Å². The summed E-state index contributed by atoms with van der Waals surface area (Å²) in [6.07, 6.45) is 8.64. The lowest BCUT2D eigenvalue weighted by molar-refractivity contribution is -0.112. The molecule has 9 heteroatoms. The first-order valence-electron chi connectivity index (χ1n) is 10.6. The molecular formula is C22H27N3O5S. The molecule has 2 heterocycles. The van der Waals surface area contributed by atoms with Crippen molar-refractivity contribution in [3.63, 3.8) is 0 Å². The van der Waals surface area contributed by atoms with Crippen molar-refractivity contribution in [2.24, 2.45) is 5.41 Å². The van der Waals surface area contributed by atoms with Crippen molar-refractivity contribution in [3.8, 4) is 11.5 Å². The van der Waals surface area contributed by atoms with Gasteiger partial charge >= 0.3 is 6.16 Å². The van der Waals surface area contributed by atoms with Crippen LogP contribution in [0.4, 0.5) is 9.80 Å². The lowest BCUT2D eigenvalue weighted by atomic mass is 9.76. The molecule has 1 fully saturated rings. The molecule has 1 amide bonds. The van der Waals surface area contributed by atoms with Crippen LogP contribution < -0.4 is 5.32 Å². The normalized spacial score (nSPS) is 19.1. The quantitative estimate of drug-likeness (QED) is 0.570. The monoisotopic (exact) mass is 445 g/mol. The van der Waals surface area contributed by atoms with Crippen molar-refractivity contribution in [2.75, 3.05) is 5.32 Å². The lowest BCUT2D eigenvalue weighted by Gasteiger charge is -2.29. The number of rotatable bonds is 4. The second-order valence-corrected chi connectivity index (χ2v) is 10.2. The molecule has 2 aromatic heterocycles. The highest BCUT2D eigenvalue weighted by atomic mass is 32.1. The summed E-state index contributed by atoms with van der Waals surface area (Å²) in [5.41, 5.74) is 3.40. The maximum atomic E-state index is 12.7. The number of carboxylic acid groups (broad SMARTS) is 2. The summed E-state index contributed by atoms with van der Waals surface area (Å²) in [6, 6.07) is 0. The number of aromatic nitrogens is 2. The Morgan fingerprint density at radius 3 is 2.65 bits per heavy atom. The Hall–Kier alpha value is -2.68. The van der Waals surface area contributed by atoms with Crippen molar-refractivity contribution in [1.82, 2.24) is 10.1 Å². The van der Waals surface area contributed by atoms with Gasteiger partial charge in [0.15, 0.2) is 5.82 Å². The molecule has 31 heavy (non-hydrogen) atoms. The molecule has 3 N–H and O–H groups in total. The number of carbonyl (C=O) groups excluding carboxylic acids is 1. The van der Waals surface area contributed by atoms with E-state index < -0.39 is 6.16 Å². The van der Waals surface area contributed by atoms with E-state index in [1.165, 1.54) is 10.4 Å². The Balaban J connectivity index is 0.000000535. The van der Waals surface area contributed by atoms with Crippen LogP contribution >= 0.6 is 11.3 Å². The molecule has 0 saturated heterocycles. The Bertz CT molecular complexity index is 1030. The predicted octanol–water partition coefficient (Wildman–Crippen LogP) is 5.46. The molecule has 166 valence electrons. The summed E-state index contributed by atoms with van der Waals surface area (Å²) in [5, 5.41) is 22.2. The van der Waals surface area contributed by atoms with Crippen molar-refractivity contribution >= 4 is 28.4 Å². The third kappa shape index (κ3) is 4.98. The van der Waals surface area contributed by atoms with Gasteiger partial charge in [-0.15, -0.1) is 11.3 Å². The molecule has 8 nitrogen and oxygen atoms in total. The van der Waals surface area contributed by atoms with Gasteiger partial charge in [-0.3, -0.25) is 4.79 Å². The molecule has 0 spiro atoms. The van der Waals surface area contributed by atoms with Crippen LogP contribution in [-0.4, -0.2) is 32.4 Å². The molecule has 2 aromatic rings. The first kappa shape index (κ1) is 21.5. The smallest absolute Gasteiger partial charge is 0.450 e. The van der Waals surface area contributed by atoms with E-state index in [9.17, 15) is 4.79 Å². The highest BCUT2D eigenvalue weighted by Gasteiger charge is 2.35. The molecule has 5 rings (SSSR count). The molecule has 0 radical (unpaired) electrons. The average Bonchev–Trinajstić information content (AvgIpc) is 3.07. The molecule has 0 aliphatic heterocycles. The Labute approximate surface area is 184 Å². The zero-order valence-corrected chi connectivity index (χ0v) is 18.5. The summed E-state index contributed by atoms with van der Waals surface area (Å²) in [5.74, 6) is 1.86. The van der Waals surface area contributed by atoms with Crippen LogP contribution in [0.5, 0.6) is 0 Å². The van der Waals surface area contributed by atoms with Crippen LogP contribution in [0.3, 0.4) is 0 Å². The SMILES string of the molecule is CC1(C)CCc2sc(NC(=O)C3=CCCC3)c(-c3nc(C4CC4)no3)c2C1.O=C(O)O. The van der Waals surface area contributed by atoms with Crippen molar-refractivity contribution in [3.05, 3.63) is 27.9 Å². The molecule has 0 aromatic carbocycles. The van der Waals surface area contributed by atoms with E-state index in [1.54, 1.807) is 11.3 Å². The van der Waals surface area contributed by atoms with Gasteiger partial charge in [-0.2, -0.15) is 4.98 Å². The van der Waals surface area contributed by atoms with E-state index in [2.05, 4.69) is 30.4 Å². The largest absolute Gasteiger partial charge is 0.503 e. The number of allylic oxidation sites excluding steroid dienone is 1. The summed E-state index contributed by atoms with van der Waals surface area (Å²) >= 11 is 1.69. The summed E-state index contributed by atoms with van der Waals surface area (Å²) in [4.78, 5) is 27.3. The van der Waals surface area contributed by atoms with Crippen LogP contribution in [0.25, 0.3) is 11.5 Å². The van der Waals surface area contributed by atoms with Crippen molar-refractivity contribution in [2.45, 2.75) is 71.1 Å². The van der Waals surface area contributed by atoms with Crippen LogP contribution in [-0.2, 0) is 17.6 Å². The minimum atomic E-state index is -1.83. The standard InChI is InChI=1S/C21H25N3O2S.CH2O3/c1-21(2)10-9-15-14(11-21)16(19-22-17(24-26-19)12-7-8-12)20(27-15)23-18(25)13-5-3-4-6-13;2-1(3)4/h5,12H,3-4,6-11H2,1-2H3,(H,23,25);(H2,2,3,4). The van der Waals surface area contributed by atoms with Gasteiger partial charge in [0.1, 0.15) is 5.00 Å². The Morgan fingerprint density at radius 1 is 1.26 bits per heavy atom. The molecule has 1 saturated carbocycles. The molecule has 0 unspecified atom stereocenters. The number of anilines is 1. The van der Waals surface area contributed by atoms with Crippen LogP contribution in [0, 0.1) is 5.41 Å². The number of aryl methyl sites for hydroxylation is 1. The van der Waals surface area contributed by atoms with Gasteiger partial charge in [0.05, 0.1) is 5.56 Å². The van der Waals surface area contributed by atoms with Crippen LogP contribution in [0.15, 0.2) is 16.2 Å². The van der Waals surface area contributed by atoms with Gasteiger partial charge in [0.25, 0.3) is 11.8 Å². The van der Waals surface area contributed by atoms with E-state index in [0.29, 0.717) is 11.8 Å². The fourth-order valence-electron chi connectivity index (χ4n) is 4.14. The number of hydrogen-bond donors (Lipinski definition) is 3. The highest BCUT2D eigenvalue weighted by molar-refractivity contribution is 7.17. The first-order chi connectivity index (χ1) is 14.7.